The molecule has 104 valence electrons. The standard InChI is InChI=1S/C12H16ClN3O2S/c1-4-18-12(17)16-15-11(19)14-10-8(3)5-7(2)6-9(10)13/h5-6H,4H2,1-3H3,(H,16,17)(H2,14,15,19). The summed E-state index contributed by atoms with van der Waals surface area (Å²) in [5.41, 5.74) is 7.55. The normalized spacial score (nSPS) is 9.68. The highest BCUT2D eigenvalue weighted by molar-refractivity contribution is 7.80. The summed E-state index contributed by atoms with van der Waals surface area (Å²) in [5.74, 6) is 0. The van der Waals surface area contributed by atoms with Gasteiger partial charge in [-0.05, 0) is 50.2 Å². The highest BCUT2D eigenvalue weighted by Gasteiger charge is 2.08. The van der Waals surface area contributed by atoms with Gasteiger partial charge >= 0.3 is 6.09 Å². The molecule has 0 atom stereocenters. The second kappa shape index (κ2) is 7.16. The fourth-order valence-electron chi connectivity index (χ4n) is 1.49. The van der Waals surface area contributed by atoms with Gasteiger partial charge in [-0.15, -0.1) is 0 Å². The Morgan fingerprint density at radius 2 is 2.05 bits per heavy atom. The van der Waals surface area contributed by atoms with Crippen molar-refractivity contribution in [3.63, 3.8) is 0 Å². The molecule has 0 saturated heterocycles. The fraction of sp³-hybridized carbons (Fsp3) is 0.333. The Bertz CT molecular complexity index is 471. The van der Waals surface area contributed by atoms with E-state index >= 15 is 0 Å². The molecule has 0 fully saturated rings. The number of anilines is 1. The molecule has 3 N–H and O–H groups in total. The van der Waals surface area contributed by atoms with Crippen LogP contribution in [0.25, 0.3) is 0 Å². The Hall–Kier alpha value is -1.53. The number of nitrogens with one attached hydrogen (secondary N) is 3. The predicted octanol–water partition coefficient (Wildman–Crippen LogP) is 2.90. The summed E-state index contributed by atoms with van der Waals surface area (Å²) in [6, 6.07) is 3.81. The van der Waals surface area contributed by atoms with Crippen LogP contribution in [0.3, 0.4) is 0 Å². The van der Waals surface area contributed by atoms with Gasteiger partial charge in [0.2, 0.25) is 0 Å². The van der Waals surface area contributed by atoms with Crippen molar-refractivity contribution in [2.45, 2.75) is 20.8 Å². The highest BCUT2D eigenvalue weighted by Crippen LogP contribution is 2.27. The molecule has 19 heavy (non-hydrogen) atoms. The highest BCUT2D eigenvalue weighted by atomic mass is 35.5. The lowest BCUT2D eigenvalue weighted by atomic mass is 10.1. The van der Waals surface area contributed by atoms with E-state index in [1.165, 1.54) is 0 Å². The van der Waals surface area contributed by atoms with Crippen molar-refractivity contribution in [1.29, 1.82) is 0 Å². The molecule has 0 saturated carbocycles. The van der Waals surface area contributed by atoms with Gasteiger partial charge in [-0.3, -0.25) is 5.43 Å². The number of aryl methyl sites for hydroxylation is 2. The maximum Gasteiger partial charge on any atom is 0.425 e. The first-order valence-corrected chi connectivity index (χ1v) is 6.49. The van der Waals surface area contributed by atoms with Crippen molar-refractivity contribution in [2.75, 3.05) is 11.9 Å². The third-order valence-corrected chi connectivity index (χ3v) is 2.73. The average molecular weight is 302 g/mol. The number of rotatable bonds is 2. The summed E-state index contributed by atoms with van der Waals surface area (Å²) in [4.78, 5) is 11.1. The maximum atomic E-state index is 11.1. The molecule has 0 aromatic heterocycles. The molecule has 1 aromatic rings. The third-order valence-electron chi connectivity index (χ3n) is 2.22. The van der Waals surface area contributed by atoms with Gasteiger partial charge in [-0.1, -0.05) is 17.7 Å². The van der Waals surface area contributed by atoms with Crippen molar-refractivity contribution in [3.8, 4) is 0 Å². The molecular formula is C12H16ClN3O2S. The zero-order chi connectivity index (χ0) is 14.4. The summed E-state index contributed by atoms with van der Waals surface area (Å²) in [6.07, 6.45) is -0.599. The van der Waals surface area contributed by atoms with Gasteiger partial charge in [0.1, 0.15) is 0 Å². The molecule has 0 aliphatic heterocycles. The SMILES string of the molecule is CCOC(=O)NNC(=S)Nc1c(C)cc(C)cc1Cl. The van der Waals surface area contributed by atoms with Crippen LogP contribution in [0.1, 0.15) is 18.1 Å². The first-order valence-electron chi connectivity index (χ1n) is 5.70. The van der Waals surface area contributed by atoms with E-state index in [0.717, 1.165) is 11.1 Å². The summed E-state index contributed by atoms with van der Waals surface area (Å²) >= 11 is 11.2. The molecule has 0 bridgehead atoms. The van der Waals surface area contributed by atoms with Gasteiger partial charge in [0, 0.05) is 0 Å². The van der Waals surface area contributed by atoms with Crippen LogP contribution < -0.4 is 16.2 Å². The Morgan fingerprint density at radius 3 is 2.63 bits per heavy atom. The summed E-state index contributed by atoms with van der Waals surface area (Å²) in [7, 11) is 0. The van der Waals surface area contributed by atoms with Gasteiger partial charge in [0.05, 0.1) is 17.3 Å². The lowest BCUT2D eigenvalue weighted by molar-refractivity contribution is 0.150. The maximum absolute atomic E-state index is 11.1. The van der Waals surface area contributed by atoms with E-state index in [2.05, 4.69) is 20.9 Å². The van der Waals surface area contributed by atoms with E-state index in [9.17, 15) is 4.79 Å². The second-order valence-electron chi connectivity index (χ2n) is 3.86. The minimum absolute atomic E-state index is 0.224. The van der Waals surface area contributed by atoms with Crippen LogP contribution in [0.15, 0.2) is 12.1 Å². The van der Waals surface area contributed by atoms with Crippen molar-refractivity contribution in [2.24, 2.45) is 0 Å². The van der Waals surface area contributed by atoms with Gasteiger partial charge in [0.25, 0.3) is 0 Å². The van der Waals surface area contributed by atoms with Gasteiger partial charge in [-0.25, -0.2) is 10.2 Å². The van der Waals surface area contributed by atoms with Crippen molar-refractivity contribution in [1.82, 2.24) is 10.9 Å². The number of hydrogen-bond acceptors (Lipinski definition) is 3. The van der Waals surface area contributed by atoms with Crippen LogP contribution in [0.2, 0.25) is 5.02 Å². The van der Waals surface area contributed by atoms with Gasteiger partial charge in [-0.2, -0.15) is 0 Å². The Kier molecular flexibility index (Phi) is 5.85. The van der Waals surface area contributed by atoms with Crippen molar-refractivity contribution in [3.05, 3.63) is 28.3 Å². The Balaban J connectivity index is 2.60. The average Bonchev–Trinajstić information content (AvgIpc) is 2.31. The van der Waals surface area contributed by atoms with Crippen LogP contribution >= 0.6 is 23.8 Å². The Labute approximate surface area is 122 Å². The van der Waals surface area contributed by atoms with Crippen LogP contribution in [0.5, 0.6) is 0 Å². The van der Waals surface area contributed by atoms with Crippen molar-refractivity contribution < 1.29 is 9.53 Å². The largest absolute Gasteiger partial charge is 0.449 e. The minimum Gasteiger partial charge on any atom is -0.449 e. The minimum atomic E-state index is -0.599. The molecule has 1 rings (SSSR count). The second-order valence-corrected chi connectivity index (χ2v) is 4.68. The number of carbonyl (C=O) groups excluding carboxylic acids is 1. The number of hydrazine groups is 1. The number of thiocarbonyl (C=S) groups is 1. The van der Waals surface area contributed by atoms with E-state index in [0.29, 0.717) is 10.7 Å². The predicted molar refractivity (Wildman–Crippen MR) is 80.4 cm³/mol. The quantitative estimate of drug-likeness (QED) is 0.579. The Morgan fingerprint density at radius 1 is 1.37 bits per heavy atom. The molecular weight excluding hydrogens is 286 g/mol. The molecule has 1 aromatic carbocycles. The molecule has 0 spiro atoms. The smallest absolute Gasteiger partial charge is 0.425 e. The summed E-state index contributed by atoms with van der Waals surface area (Å²) in [6.45, 7) is 5.88. The number of hydrogen-bond donors (Lipinski definition) is 3. The molecule has 0 aliphatic carbocycles. The molecule has 0 unspecified atom stereocenters. The summed E-state index contributed by atoms with van der Waals surface area (Å²) in [5, 5.41) is 3.71. The number of amides is 1. The molecule has 0 heterocycles. The van der Waals surface area contributed by atoms with E-state index < -0.39 is 6.09 Å². The summed E-state index contributed by atoms with van der Waals surface area (Å²) < 4.78 is 4.68. The first-order chi connectivity index (χ1) is 8.93. The number of carbonyl (C=O) groups is 1. The van der Waals surface area contributed by atoms with Gasteiger partial charge in [0.15, 0.2) is 5.11 Å². The van der Waals surface area contributed by atoms with Crippen LogP contribution in [-0.4, -0.2) is 17.8 Å². The van der Waals surface area contributed by atoms with E-state index in [4.69, 9.17) is 23.8 Å². The number of ether oxygens (including phenoxy) is 1. The monoisotopic (exact) mass is 301 g/mol. The molecule has 1 amide bonds. The molecule has 0 radical (unpaired) electrons. The van der Waals surface area contributed by atoms with Crippen LogP contribution in [0, 0.1) is 13.8 Å². The van der Waals surface area contributed by atoms with Crippen LogP contribution in [-0.2, 0) is 4.74 Å². The van der Waals surface area contributed by atoms with Crippen molar-refractivity contribution >= 4 is 40.7 Å². The molecule has 5 nitrogen and oxygen atoms in total. The lowest BCUT2D eigenvalue weighted by Crippen LogP contribution is -2.44. The lowest BCUT2D eigenvalue weighted by Gasteiger charge is -2.14. The zero-order valence-electron chi connectivity index (χ0n) is 11.0. The number of benzene rings is 1. The van der Waals surface area contributed by atoms with Crippen LogP contribution in [0.4, 0.5) is 10.5 Å². The zero-order valence-corrected chi connectivity index (χ0v) is 12.5. The van der Waals surface area contributed by atoms with E-state index in [1.807, 2.05) is 26.0 Å². The van der Waals surface area contributed by atoms with E-state index in [-0.39, 0.29) is 11.7 Å². The first kappa shape index (κ1) is 15.5. The topological polar surface area (TPSA) is 62.4 Å². The molecule has 0 aliphatic rings. The number of halogens is 1. The van der Waals surface area contributed by atoms with Gasteiger partial charge < -0.3 is 10.1 Å². The van der Waals surface area contributed by atoms with E-state index in [1.54, 1.807) is 6.92 Å². The molecule has 7 heteroatoms. The third kappa shape index (κ3) is 4.92. The fourth-order valence-corrected chi connectivity index (χ4v) is 2.02.